The van der Waals surface area contributed by atoms with Gasteiger partial charge in [-0.15, -0.1) is 0 Å². The van der Waals surface area contributed by atoms with Crippen LogP contribution >= 0.6 is 11.6 Å². The van der Waals surface area contributed by atoms with Gasteiger partial charge in [-0.2, -0.15) is 0 Å². The number of aliphatic hydroxyl groups excluding tert-OH is 1. The molecule has 2 saturated carbocycles. The van der Waals surface area contributed by atoms with Crippen LogP contribution in [0.5, 0.6) is 0 Å². The van der Waals surface area contributed by atoms with Crippen LogP contribution in [0.25, 0.3) is 10.9 Å². The predicted octanol–water partition coefficient (Wildman–Crippen LogP) is 3.68. The van der Waals surface area contributed by atoms with Crippen LogP contribution in [0.4, 0.5) is 5.69 Å². The van der Waals surface area contributed by atoms with Gasteiger partial charge in [0.1, 0.15) is 0 Å². The molecule has 0 amide bonds. The van der Waals surface area contributed by atoms with Gasteiger partial charge < -0.3 is 15.7 Å². The SMILES string of the molecule is OCCNC[C]1[CH][CH][C](CNc2ccnc3cc(Cl)ccc23)[CH]1.[CH]1[CH][CH][CH][CH]1.[Fe+2]. The molecule has 3 N–H and O–H groups in total. The smallest absolute Gasteiger partial charge is 0.395 e. The molecule has 0 bridgehead atoms. The van der Waals surface area contributed by atoms with Crippen LogP contribution in [0.15, 0.2) is 30.5 Å². The molecule has 1 heterocycles. The van der Waals surface area contributed by atoms with E-state index in [9.17, 15) is 0 Å². The van der Waals surface area contributed by atoms with Crippen molar-refractivity contribution in [1.29, 1.82) is 0 Å². The molecule has 10 radical (unpaired) electrons. The fourth-order valence-electron chi connectivity index (χ4n) is 2.87. The molecule has 2 aliphatic rings. The zero-order valence-corrected chi connectivity index (χ0v) is 17.8. The number of hydrogen-bond acceptors (Lipinski definition) is 4. The summed E-state index contributed by atoms with van der Waals surface area (Å²) in [5.41, 5.74) is 1.94. The van der Waals surface area contributed by atoms with E-state index >= 15 is 0 Å². The monoisotopic (exact) mass is 449 g/mol. The van der Waals surface area contributed by atoms with Crippen molar-refractivity contribution in [2.24, 2.45) is 0 Å². The summed E-state index contributed by atoms with van der Waals surface area (Å²) < 4.78 is 0. The van der Waals surface area contributed by atoms with Gasteiger partial charge in [0.15, 0.2) is 0 Å². The average molecular weight is 450 g/mol. The Morgan fingerprint density at radius 2 is 1.62 bits per heavy atom. The van der Waals surface area contributed by atoms with E-state index in [0.29, 0.717) is 11.6 Å². The number of pyridine rings is 1. The molecule has 29 heavy (non-hydrogen) atoms. The first-order valence-electron chi connectivity index (χ1n) is 9.27. The van der Waals surface area contributed by atoms with Crippen molar-refractivity contribution in [3.05, 3.63) is 98.7 Å². The van der Waals surface area contributed by atoms with Crippen LogP contribution in [-0.4, -0.2) is 36.3 Å². The minimum Gasteiger partial charge on any atom is -0.395 e. The van der Waals surface area contributed by atoms with Crippen molar-refractivity contribution in [2.75, 3.05) is 31.6 Å². The summed E-state index contributed by atoms with van der Waals surface area (Å²) in [5.74, 6) is 2.45. The summed E-state index contributed by atoms with van der Waals surface area (Å²) >= 11 is 6.02. The standard InChI is InChI=1S/C18H19ClN3O.C5H5.Fe/c19-15-3-4-16-17(5-6-21-18(16)10-15)22-12-14-2-1-13(9-14)11-20-7-8-23;1-2-4-5-3-1;/h1-6,9-10,20,23H,7-8,11-12H2,(H,21,22);1-5H;/q;;+2. The topological polar surface area (TPSA) is 57.2 Å². The zero-order chi connectivity index (χ0) is 19.6. The van der Waals surface area contributed by atoms with E-state index in [1.807, 2.05) is 56.4 Å². The molecule has 4 nitrogen and oxygen atoms in total. The second kappa shape index (κ2) is 13.5. The number of aliphatic hydroxyl groups is 1. The van der Waals surface area contributed by atoms with Gasteiger partial charge in [0.05, 0.1) is 12.1 Å². The fraction of sp³-hybridized carbons (Fsp3) is 0.174. The Balaban J connectivity index is 0.000000437. The number of anilines is 1. The Kier molecular flexibility index (Phi) is 11.3. The Bertz CT molecular complexity index is 719. The number of nitrogens with zero attached hydrogens (tertiary/aromatic N) is 1. The zero-order valence-electron chi connectivity index (χ0n) is 16.0. The van der Waals surface area contributed by atoms with Crippen LogP contribution in [0.3, 0.4) is 0 Å². The summed E-state index contributed by atoms with van der Waals surface area (Å²) in [6.45, 7) is 2.30. The molecule has 0 spiro atoms. The molecule has 0 atom stereocenters. The molecule has 0 aliphatic heterocycles. The quantitative estimate of drug-likeness (QED) is 0.446. The largest absolute Gasteiger partial charge is 2.00 e. The fourth-order valence-corrected chi connectivity index (χ4v) is 3.04. The number of halogens is 1. The first kappa shape index (κ1) is 24.4. The summed E-state index contributed by atoms with van der Waals surface area (Å²) in [5, 5.41) is 17.2. The Morgan fingerprint density at radius 1 is 0.931 bits per heavy atom. The van der Waals surface area contributed by atoms with E-state index in [1.165, 1.54) is 11.8 Å². The van der Waals surface area contributed by atoms with Crippen molar-refractivity contribution in [1.82, 2.24) is 10.3 Å². The van der Waals surface area contributed by atoms with E-state index in [-0.39, 0.29) is 23.7 Å². The number of aromatic nitrogens is 1. The van der Waals surface area contributed by atoms with Gasteiger partial charge in [0.2, 0.25) is 0 Å². The Labute approximate surface area is 190 Å². The van der Waals surface area contributed by atoms with Crippen LogP contribution in [-0.2, 0) is 17.1 Å². The minimum absolute atomic E-state index is 0. The summed E-state index contributed by atoms with van der Waals surface area (Å²) in [7, 11) is 0. The first-order valence-corrected chi connectivity index (χ1v) is 9.65. The molecule has 2 aliphatic carbocycles. The Hall–Kier alpha value is -0.841. The molecule has 4 rings (SSSR count). The minimum atomic E-state index is 0. The molecular weight excluding hydrogens is 426 g/mol. The van der Waals surface area contributed by atoms with E-state index in [1.54, 1.807) is 6.20 Å². The predicted molar refractivity (Wildman–Crippen MR) is 116 cm³/mol. The number of fused-ring (bicyclic) bond motifs is 1. The molecule has 1 aromatic heterocycles. The number of nitrogens with one attached hydrogen (secondary N) is 2. The van der Waals surface area contributed by atoms with E-state index in [2.05, 4.69) is 34.9 Å². The molecular formula is C23H24ClFeN3O+2. The molecule has 150 valence electrons. The third-order valence-corrected chi connectivity index (χ3v) is 4.48. The van der Waals surface area contributed by atoms with E-state index in [4.69, 9.17) is 16.7 Å². The van der Waals surface area contributed by atoms with Crippen molar-refractivity contribution in [3.63, 3.8) is 0 Å². The van der Waals surface area contributed by atoms with Gasteiger partial charge in [-0.25, -0.2) is 0 Å². The van der Waals surface area contributed by atoms with Crippen LogP contribution in [0.1, 0.15) is 0 Å². The van der Waals surface area contributed by atoms with Crippen LogP contribution in [0, 0.1) is 63.2 Å². The number of hydrogen-bond donors (Lipinski definition) is 3. The van der Waals surface area contributed by atoms with Gasteiger partial charge in [-0.3, -0.25) is 4.98 Å². The second-order valence-corrected chi connectivity index (χ2v) is 6.80. The normalized spacial score (nSPS) is 17.0. The Morgan fingerprint density at radius 3 is 2.31 bits per heavy atom. The average Bonchev–Trinajstić information content (AvgIpc) is 3.41. The number of benzene rings is 1. The third-order valence-electron chi connectivity index (χ3n) is 4.24. The van der Waals surface area contributed by atoms with E-state index in [0.717, 1.165) is 29.7 Å². The van der Waals surface area contributed by atoms with Gasteiger partial charge in [0, 0.05) is 47.8 Å². The van der Waals surface area contributed by atoms with Gasteiger partial charge in [-0.05, 0) is 81.5 Å². The van der Waals surface area contributed by atoms with Crippen molar-refractivity contribution >= 4 is 28.2 Å². The molecule has 6 heteroatoms. The first-order chi connectivity index (χ1) is 13.8. The van der Waals surface area contributed by atoms with Crippen molar-refractivity contribution in [3.8, 4) is 0 Å². The maximum atomic E-state index is 8.78. The van der Waals surface area contributed by atoms with Gasteiger partial charge >= 0.3 is 17.1 Å². The van der Waals surface area contributed by atoms with Crippen molar-refractivity contribution in [2.45, 2.75) is 0 Å². The van der Waals surface area contributed by atoms with Crippen LogP contribution in [0.2, 0.25) is 5.02 Å². The molecule has 2 fully saturated rings. The molecule has 0 saturated heterocycles. The number of rotatable bonds is 7. The van der Waals surface area contributed by atoms with Gasteiger partial charge in [0.25, 0.3) is 0 Å². The molecule has 1 aromatic carbocycles. The maximum absolute atomic E-state index is 8.78. The van der Waals surface area contributed by atoms with Gasteiger partial charge in [-0.1, -0.05) is 11.6 Å². The molecule has 0 unspecified atom stereocenters. The van der Waals surface area contributed by atoms with Crippen molar-refractivity contribution < 1.29 is 22.2 Å². The van der Waals surface area contributed by atoms with E-state index < -0.39 is 0 Å². The third kappa shape index (κ3) is 8.07. The van der Waals surface area contributed by atoms with Crippen LogP contribution < -0.4 is 10.6 Å². The maximum Gasteiger partial charge on any atom is 2.00 e. The second-order valence-electron chi connectivity index (χ2n) is 6.36. The molecule has 2 aromatic rings. The summed E-state index contributed by atoms with van der Waals surface area (Å²) in [6, 6.07) is 7.71. The summed E-state index contributed by atoms with van der Waals surface area (Å²) in [4.78, 5) is 4.35. The summed E-state index contributed by atoms with van der Waals surface area (Å²) in [6.07, 6.45) is 18.2.